The van der Waals surface area contributed by atoms with E-state index in [2.05, 4.69) is 31.2 Å². The largest absolute Gasteiger partial charge is 0.494 e. The van der Waals surface area contributed by atoms with Crippen LogP contribution in [-0.4, -0.2) is 12.9 Å². The van der Waals surface area contributed by atoms with Crippen molar-refractivity contribution in [3.05, 3.63) is 65.2 Å². The molecule has 0 spiro atoms. The minimum Gasteiger partial charge on any atom is -0.494 e. The number of carbonyl (C=O) groups is 1. The molecule has 0 radical (unpaired) electrons. The number of ether oxygens (including phenoxy) is 1. The van der Waals surface area contributed by atoms with Gasteiger partial charge in [0.25, 0.3) is 0 Å². The first-order chi connectivity index (χ1) is 9.28. The lowest BCUT2D eigenvalue weighted by atomic mass is 10.1. The summed E-state index contributed by atoms with van der Waals surface area (Å²) in [7, 11) is 0. The zero-order chi connectivity index (χ0) is 13.5. The maximum atomic E-state index is 10.5. The molecule has 0 atom stereocenters. The van der Waals surface area contributed by atoms with Crippen LogP contribution in [0.4, 0.5) is 0 Å². The number of hydrogen-bond acceptors (Lipinski definition) is 2. The summed E-state index contributed by atoms with van der Waals surface area (Å²) >= 11 is 0. The van der Waals surface area contributed by atoms with Gasteiger partial charge in [0, 0.05) is 5.56 Å². The Balaban J connectivity index is 1.75. The molecule has 2 heteroatoms. The van der Waals surface area contributed by atoms with Crippen molar-refractivity contribution in [1.82, 2.24) is 0 Å². The van der Waals surface area contributed by atoms with Crippen molar-refractivity contribution in [2.24, 2.45) is 0 Å². The summed E-state index contributed by atoms with van der Waals surface area (Å²) in [6.07, 6.45) is 2.84. The van der Waals surface area contributed by atoms with Gasteiger partial charge in [-0.3, -0.25) is 4.79 Å². The maximum absolute atomic E-state index is 10.5. The van der Waals surface area contributed by atoms with E-state index in [4.69, 9.17) is 4.74 Å². The third-order valence-electron chi connectivity index (χ3n) is 2.98. The topological polar surface area (TPSA) is 26.3 Å². The first-order valence-electron chi connectivity index (χ1n) is 6.51. The minimum atomic E-state index is 0.673. The van der Waals surface area contributed by atoms with Crippen LogP contribution in [0.15, 0.2) is 48.5 Å². The van der Waals surface area contributed by atoms with Gasteiger partial charge in [-0.15, -0.1) is 0 Å². The highest BCUT2D eigenvalue weighted by molar-refractivity contribution is 5.74. The highest BCUT2D eigenvalue weighted by Crippen LogP contribution is 2.12. The number of benzene rings is 2. The number of hydrogen-bond donors (Lipinski definition) is 0. The molecular weight excluding hydrogens is 236 g/mol. The predicted molar refractivity (Wildman–Crippen MR) is 76.8 cm³/mol. The number of carbonyl (C=O) groups excluding carboxylic acids is 1. The van der Waals surface area contributed by atoms with Crippen molar-refractivity contribution in [2.45, 2.75) is 19.8 Å². The summed E-state index contributed by atoms with van der Waals surface area (Å²) in [5, 5.41) is 0. The summed E-state index contributed by atoms with van der Waals surface area (Å²) in [5.74, 6) is 0.815. The van der Waals surface area contributed by atoms with E-state index in [0.29, 0.717) is 12.2 Å². The van der Waals surface area contributed by atoms with E-state index in [-0.39, 0.29) is 0 Å². The smallest absolute Gasteiger partial charge is 0.150 e. The fraction of sp³-hybridized carbons (Fsp3) is 0.235. The van der Waals surface area contributed by atoms with Crippen molar-refractivity contribution < 1.29 is 9.53 Å². The number of aryl methyl sites for hydroxylation is 2. The Morgan fingerprint density at radius 2 is 1.89 bits per heavy atom. The molecule has 0 fully saturated rings. The Hall–Kier alpha value is -2.09. The quantitative estimate of drug-likeness (QED) is 0.578. The van der Waals surface area contributed by atoms with E-state index in [0.717, 1.165) is 24.9 Å². The average molecular weight is 254 g/mol. The maximum Gasteiger partial charge on any atom is 0.150 e. The van der Waals surface area contributed by atoms with Crippen LogP contribution in [0.5, 0.6) is 5.75 Å². The molecule has 0 unspecified atom stereocenters. The number of aldehydes is 1. The Kier molecular flexibility index (Phi) is 4.73. The molecule has 0 aliphatic rings. The molecule has 2 rings (SSSR count). The standard InChI is InChI=1S/C17H18O2/c1-14-4-2-5-15(12-14)6-3-11-19-17-9-7-16(13-18)8-10-17/h2,4-5,7-10,12-13H,3,6,11H2,1H3. The molecule has 0 amide bonds. The van der Waals surface area contributed by atoms with Crippen LogP contribution >= 0.6 is 0 Å². The third kappa shape index (κ3) is 4.25. The fourth-order valence-electron chi connectivity index (χ4n) is 1.98. The van der Waals surface area contributed by atoms with Gasteiger partial charge >= 0.3 is 0 Å². The Morgan fingerprint density at radius 1 is 1.11 bits per heavy atom. The van der Waals surface area contributed by atoms with Gasteiger partial charge in [-0.2, -0.15) is 0 Å². The lowest BCUT2D eigenvalue weighted by Crippen LogP contribution is -1.99. The van der Waals surface area contributed by atoms with Crippen molar-refractivity contribution in [3.63, 3.8) is 0 Å². The van der Waals surface area contributed by atoms with Crippen molar-refractivity contribution in [1.29, 1.82) is 0 Å². The summed E-state index contributed by atoms with van der Waals surface area (Å²) in [5.41, 5.74) is 3.31. The lowest BCUT2D eigenvalue weighted by Gasteiger charge is -2.06. The molecule has 0 saturated carbocycles. The van der Waals surface area contributed by atoms with Gasteiger partial charge in [-0.05, 0) is 49.6 Å². The van der Waals surface area contributed by atoms with Gasteiger partial charge in [0.2, 0.25) is 0 Å². The van der Waals surface area contributed by atoms with Crippen molar-refractivity contribution in [2.75, 3.05) is 6.61 Å². The summed E-state index contributed by atoms with van der Waals surface area (Å²) in [6.45, 7) is 2.79. The first-order valence-corrected chi connectivity index (χ1v) is 6.51. The molecule has 0 bridgehead atoms. The van der Waals surface area contributed by atoms with Gasteiger partial charge in [0.05, 0.1) is 6.61 Å². The van der Waals surface area contributed by atoms with Gasteiger partial charge in [-0.25, -0.2) is 0 Å². The highest BCUT2D eigenvalue weighted by Gasteiger charge is 1.97. The third-order valence-corrected chi connectivity index (χ3v) is 2.98. The van der Waals surface area contributed by atoms with Crippen molar-refractivity contribution >= 4 is 6.29 Å². The van der Waals surface area contributed by atoms with Gasteiger partial charge in [0.1, 0.15) is 12.0 Å². The van der Waals surface area contributed by atoms with E-state index in [1.807, 2.05) is 12.1 Å². The minimum absolute atomic E-state index is 0.673. The molecule has 0 aromatic heterocycles. The monoisotopic (exact) mass is 254 g/mol. The van der Waals surface area contributed by atoms with Crippen LogP contribution in [0.3, 0.4) is 0 Å². The summed E-state index contributed by atoms with van der Waals surface area (Å²) in [4.78, 5) is 10.5. The average Bonchev–Trinajstić information content (AvgIpc) is 2.44. The van der Waals surface area contributed by atoms with E-state index in [9.17, 15) is 4.79 Å². The number of rotatable bonds is 6. The Labute approximate surface area is 114 Å². The summed E-state index contributed by atoms with van der Waals surface area (Å²) in [6, 6.07) is 15.7. The van der Waals surface area contributed by atoms with Gasteiger partial charge in [-0.1, -0.05) is 29.8 Å². The zero-order valence-electron chi connectivity index (χ0n) is 11.1. The van der Waals surface area contributed by atoms with Gasteiger partial charge in [0.15, 0.2) is 0 Å². The molecule has 0 N–H and O–H groups in total. The lowest BCUT2D eigenvalue weighted by molar-refractivity contribution is 0.112. The van der Waals surface area contributed by atoms with Crippen LogP contribution in [0.1, 0.15) is 27.9 Å². The second-order valence-corrected chi connectivity index (χ2v) is 4.63. The molecule has 2 nitrogen and oxygen atoms in total. The predicted octanol–water partition coefficient (Wildman–Crippen LogP) is 3.82. The van der Waals surface area contributed by atoms with E-state index < -0.39 is 0 Å². The SMILES string of the molecule is Cc1cccc(CCCOc2ccc(C=O)cc2)c1. The van der Waals surface area contributed by atoms with Crippen molar-refractivity contribution in [3.8, 4) is 5.75 Å². The second kappa shape index (κ2) is 6.74. The fourth-order valence-corrected chi connectivity index (χ4v) is 1.98. The van der Waals surface area contributed by atoms with Crippen LogP contribution in [0.2, 0.25) is 0 Å². The van der Waals surface area contributed by atoms with Crippen LogP contribution < -0.4 is 4.74 Å². The van der Waals surface area contributed by atoms with Gasteiger partial charge < -0.3 is 4.74 Å². The Morgan fingerprint density at radius 3 is 2.58 bits per heavy atom. The van der Waals surface area contributed by atoms with Crippen LogP contribution in [0, 0.1) is 6.92 Å². The molecule has 2 aromatic carbocycles. The highest BCUT2D eigenvalue weighted by atomic mass is 16.5. The van der Waals surface area contributed by atoms with E-state index >= 15 is 0 Å². The van der Waals surface area contributed by atoms with Crippen LogP contribution in [0.25, 0.3) is 0 Å². The molecular formula is C17H18O2. The Bertz CT molecular complexity index is 529. The zero-order valence-corrected chi connectivity index (χ0v) is 11.1. The molecule has 0 aliphatic carbocycles. The van der Waals surface area contributed by atoms with E-state index in [1.54, 1.807) is 12.1 Å². The molecule has 2 aromatic rings. The molecule has 19 heavy (non-hydrogen) atoms. The molecule has 98 valence electrons. The molecule has 0 aliphatic heterocycles. The first kappa shape index (κ1) is 13.3. The second-order valence-electron chi connectivity index (χ2n) is 4.63. The normalized spacial score (nSPS) is 10.2. The summed E-state index contributed by atoms with van der Waals surface area (Å²) < 4.78 is 5.64. The van der Waals surface area contributed by atoms with Crippen LogP contribution in [-0.2, 0) is 6.42 Å². The van der Waals surface area contributed by atoms with E-state index in [1.165, 1.54) is 11.1 Å². The molecule has 0 heterocycles. The molecule has 0 saturated heterocycles.